The molecule has 1 saturated heterocycles. The van der Waals surface area contributed by atoms with Crippen molar-refractivity contribution in [3.8, 4) is 0 Å². The summed E-state index contributed by atoms with van der Waals surface area (Å²) in [6, 6.07) is 6.96. The van der Waals surface area contributed by atoms with Gasteiger partial charge in [0.2, 0.25) is 0 Å². The van der Waals surface area contributed by atoms with Gasteiger partial charge in [-0.15, -0.1) is 0 Å². The number of hydrogen-bond acceptors (Lipinski definition) is 3. The Hall–Kier alpha value is -1.55. The van der Waals surface area contributed by atoms with E-state index in [0.717, 1.165) is 57.2 Å². The first-order chi connectivity index (χ1) is 10.3. The van der Waals surface area contributed by atoms with Crippen LogP contribution in [0.3, 0.4) is 0 Å². The van der Waals surface area contributed by atoms with Gasteiger partial charge in [-0.05, 0) is 49.4 Å². The summed E-state index contributed by atoms with van der Waals surface area (Å²) >= 11 is 0. The van der Waals surface area contributed by atoms with E-state index in [9.17, 15) is 4.79 Å². The van der Waals surface area contributed by atoms with Crippen LogP contribution < -0.4 is 5.32 Å². The lowest BCUT2D eigenvalue weighted by atomic mass is 10.00. The third-order valence-electron chi connectivity index (χ3n) is 4.96. The molecule has 2 fully saturated rings. The zero-order chi connectivity index (χ0) is 14.2. The SMILES string of the molecule is O=C(c1ccc2c(c1)CCCN2)N1CCN(C2CC2)CC1. The molecule has 0 atom stereocenters. The third-order valence-corrected chi connectivity index (χ3v) is 4.96. The summed E-state index contributed by atoms with van der Waals surface area (Å²) in [6.07, 6.45) is 4.95. The van der Waals surface area contributed by atoms with Crippen molar-refractivity contribution in [1.82, 2.24) is 9.80 Å². The Morgan fingerprint density at radius 1 is 1.14 bits per heavy atom. The molecule has 1 amide bonds. The molecule has 1 aromatic carbocycles. The molecule has 0 spiro atoms. The number of aryl methyl sites for hydroxylation is 1. The van der Waals surface area contributed by atoms with Crippen molar-refractivity contribution in [2.75, 3.05) is 38.0 Å². The summed E-state index contributed by atoms with van der Waals surface area (Å²) in [5.41, 5.74) is 3.36. The molecule has 1 aromatic rings. The molecular weight excluding hydrogens is 262 g/mol. The molecule has 0 unspecified atom stereocenters. The lowest BCUT2D eigenvalue weighted by Gasteiger charge is -2.35. The van der Waals surface area contributed by atoms with Gasteiger partial charge in [0.25, 0.3) is 5.91 Å². The van der Waals surface area contributed by atoms with Crippen LogP contribution in [0.5, 0.6) is 0 Å². The molecule has 0 bridgehead atoms. The van der Waals surface area contributed by atoms with Gasteiger partial charge in [-0.25, -0.2) is 0 Å². The van der Waals surface area contributed by atoms with Crippen molar-refractivity contribution in [1.29, 1.82) is 0 Å². The molecule has 1 aliphatic carbocycles. The van der Waals surface area contributed by atoms with Crippen LogP contribution in [-0.4, -0.2) is 54.5 Å². The minimum atomic E-state index is 0.207. The fourth-order valence-electron chi connectivity index (χ4n) is 3.52. The number of carbonyl (C=O) groups is 1. The van der Waals surface area contributed by atoms with Crippen LogP contribution in [0.25, 0.3) is 0 Å². The molecule has 3 aliphatic rings. The van der Waals surface area contributed by atoms with Crippen LogP contribution in [0.1, 0.15) is 35.2 Å². The maximum atomic E-state index is 12.7. The van der Waals surface area contributed by atoms with E-state index in [4.69, 9.17) is 0 Å². The summed E-state index contributed by atoms with van der Waals surface area (Å²) in [6.45, 7) is 4.89. The number of piperazine rings is 1. The van der Waals surface area contributed by atoms with E-state index >= 15 is 0 Å². The number of nitrogens with zero attached hydrogens (tertiary/aromatic N) is 2. The zero-order valence-corrected chi connectivity index (χ0v) is 12.5. The Labute approximate surface area is 126 Å². The molecule has 4 rings (SSSR count). The highest BCUT2D eigenvalue weighted by Crippen LogP contribution is 2.28. The van der Waals surface area contributed by atoms with E-state index in [2.05, 4.69) is 22.3 Å². The summed E-state index contributed by atoms with van der Waals surface area (Å²) < 4.78 is 0. The van der Waals surface area contributed by atoms with Crippen LogP contribution in [0.15, 0.2) is 18.2 Å². The number of hydrogen-bond donors (Lipinski definition) is 1. The highest BCUT2D eigenvalue weighted by atomic mass is 16.2. The van der Waals surface area contributed by atoms with Crippen molar-refractivity contribution in [3.05, 3.63) is 29.3 Å². The highest BCUT2D eigenvalue weighted by Gasteiger charge is 2.32. The minimum Gasteiger partial charge on any atom is -0.385 e. The van der Waals surface area contributed by atoms with E-state index in [1.54, 1.807) is 0 Å². The van der Waals surface area contributed by atoms with Gasteiger partial charge in [0.1, 0.15) is 0 Å². The second kappa shape index (κ2) is 5.34. The normalized spacial score (nSPS) is 22.6. The van der Waals surface area contributed by atoms with Crippen molar-refractivity contribution in [3.63, 3.8) is 0 Å². The average Bonchev–Trinajstić information content (AvgIpc) is 3.39. The second-order valence-corrected chi connectivity index (χ2v) is 6.46. The Bertz CT molecular complexity index is 545. The van der Waals surface area contributed by atoms with Crippen molar-refractivity contribution in [2.45, 2.75) is 31.7 Å². The van der Waals surface area contributed by atoms with E-state index < -0.39 is 0 Å². The molecule has 4 nitrogen and oxygen atoms in total. The van der Waals surface area contributed by atoms with E-state index in [1.807, 2.05) is 11.0 Å². The molecule has 21 heavy (non-hydrogen) atoms. The smallest absolute Gasteiger partial charge is 0.253 e. The summed E-state index contributed by atoms with van der Waals surface area (Å²) in [7, 11) is 0. The number of amides is 1. The van der Waals surface area contributed by atoms with Crippen LogP contribution in [0.2, 0.25) is 0 Å². The fraction of sp³-hybridized carbons (Fsp3) is 0.588. The topological polar surface area (TPSA) is 35.6 Å². The monoisotopic (exact) mass is 285 g/mol. The number of benzene rings is 1. The molecule has 112 valence electrons. The number of carbonyl (C=O) groups excluding carboxylic acids is 1. The minimum absolute atomic E-state index is 0.207. The number of nitrogens with one attached hydrogen (secondary N) is 1. The summed E-state index contributed by atoms with van der Waals surface area (Å²) in [4.78, 5) is 17.2. The lowest BCUT2D eigenvalue weighted by molar-refractivity contribution is 0.0627. The van der Waals surface area contributed by atoms with Gasteiger partial charge in [0.05, 0.1) is 0 Å². The Morgan fingerprint density at radius 3 is 2.71 bits per heavy atom. The maximum Gasteiger partial charge on any atom is 0.253 e. The van der Waals surface area contributed by atoms with Gasteiger partial charge >= 0.3 is 0 Å². The van der Waals surface area contributed by atoms with Gasteiger partial charge in [-0.1, -0.05) is 0 Å². The number of anilines is 1. The zero-order valence-electron chi connectivity index (χ0n) is 12.5. The van der Waals surface area contributed by atoms with Gasteiger partial charge in [-0.2, -0.15) is 0 Å². The van der Waals surface area contributed by atoms with Crippen molar-refractivity contribution < 1.29 is 4.79 Å². The molecule has 2 heterocycles. The standard InChI is InChI=1S/C17H23N3O/c21-17(20-10-8-19(9-11-20)15-4-5-15)14-3-6-16-13(12-14)2-1-7-18-16/h3,6,12,15,18H,1-2,4-5,7-11H2. The number of fused-ring (bicyclic) bond motifs is 1. The Kier molecular flexibility index (Phi) is 3.34. The lowest BCUT2D eigenvalue weighted by Crippen LogP contribution is -2.49. The average molecular weight is 285 g/mol. The van der Waals surface area contributed by atoms with Crippen molar-refractivity contribution >= 4 is 11.6 Å². The molecule has 0 aromatic heterocycles. The molecule has 1 N–H and O–H groups in total. The largest absolute Gasteiger partial charge is 0.385 e. The maximum absolute atomic E-state index is 12.7. The summed E-state index contributed by atoms with van der Waals surface area (Å²) in [5, 5.41) is 3.40. The van der Waals surface area contributed by atoms with E-state index in [-0.39, 0.29) is 5.91 Å². The van der Waals surface area contributed by atoms with Crippen LogP contribution >= 0.6 is 0 Å². The highest BCUT2D eigenvalue weighted by molar-refractivity contribution is 5.95. The fourth-order valence-corrected chi connectivity index (χ4v) is 3.52. The van der Waals surface area contributed by atoms with E-state index in [0.29, 0.717) is 0 Å². The van der Waals surface area contributed by atoms with Crippen LogP contribution in [0.4, 0.5) is 5.69 Å². The van der Waals surface area contributed by atoms with Gasteiger partial charge in [0.15, 0.2) is 0 Å². The molecule has 0 radical (unpaired) electrons. The van der Waals surface area contributed by atoms with Gasteiger partial charge < -0.3 is 10.2 Å². The first-order valence-electron chi connectivity index (χ1n) is 8.21. The van der Waals surface area contributed by atoms with Crippen LogP contribution in [-0.2, 0) is 6.42 Å². The summed E-state index contributed by atoms with van der Waals surface area (Å²) in [5.74, 6) is 0.207. The quantitative estimate of drug-likeness (QED) is 0.902. The van der Waals surface area contributed by atoms with E-state index in [1.165, 1.54) is 24.1 Å². The second-order valence-electron chi connectivity index (χ2n) is 6.46. The Morgan fingerprint density at radius 2 is 1.95 bits per heavy atom. The first kappa shape index (κ1) is 13.1. The molecule has 1 saturated carbocycles. The van der Waals surface area contributed by atoms with Crippen molar-refractivity contribution in [2.24, 2.45) is 0 Å². The molecule has 2 aliphatic heterocycles. The first-order valence-corrected chi connectivity index (χ1v) is 8.21. The number of rotatable bonds is 2. The van der Waals surface area contributed by atoms with Gasteiger partial charge in [-0.3, -0.25) is 9.69 Å². The predicted molar refractivity (Wildman–Crippen MR) is 83.8 cm³/mol. The predicted octanol–water partition coefficient (Wildman–Crippen LogP) is 1.96. The third kappa shape index (κ3) is 2.64. The molecule has 4 heteroatoms. The van der Waals surface area contributed by atoms with Gasteiger partial charge in [0, 0.05) is 50.0 Å². The van der Waals surface area contributed by atoms with Crippen LogP contribution in [0, 0.1) is 0 Å². The Balaban J connectivity index is 1.44. The molecular formula is C17H23N3O.